The third kappa shape index (κ3) is 3.64. The number of carbonyl (C=O) groups excluding carboxylic acids is 1. The number of pyridine rings is 1. The van der Waals surface area contributed by atoms with Crippen LogP contribution in [0.25, 0.3) is 11.3 Å². The number of nitrogens with zero attached hydrogens (tertiary/aromatic N) is 1. The van der Waals surface area contributed by atoms with Crippen molar-refractivity contribution in [2.45, 2.75) is 6.18 Å². The van der Waals surface area contributed by atoms with E-state index in [2.05, 4.69) is 9.72 Å². The first-order valence-electron chi connectivity index (χ1n) is 6.18. The van der Waals surface area contributed by atoms with Crippen LogP contribution < -0.4 is 0 Å². The van der Waals surface area contributed by atoms with Gasteiger partial charge in [0, 0.05) is 11.8 Å². The van der Waals surface area contributed by atoms with E-state index in [9.17, 15) is 18.0 Å². The van der Waals surface area contributed by atoms with Crippen LogP contribution in [0.2, 0.25) is 25.1 Å². The highest BCUT2D eigenvalue weighted by atomic mass is 35.5. The van der Waals surface area contributed by atoms with E-state index in [1.54, 1.807) is 0 Å². The first-order chi connectivity index (χ1) is 11.5. The van der Waals surface area contributed by atoms with Gasteiger partial charge in [-0.1, -0.05) is 58.0 Å². The van der Waals surface area contributed by atoms with Crippen molar-refractivity contribution in [2.75, 3.05) is 7.11 Å². The minimum absolute atomic E-state index is 0.186. The summed E-state index contributed by atoms with van der Waals surface area (Å²) < 4.78 is 44.3. The molecule has 0 saturated heterocycles. The average Bonchev–Trinajstić information content (AvgIpc) is 2.56. The highest BCUT2D eigenvalue weighted by Crippen LogP contribution is 2.49. The van der Waals surface area contributed by atoms with Crippen molar-refractivity contribution < 1.29 is 22.7 Å². The number of alkyl halides is 3. The molecule has 11 heteroatoms. The molecule has 1 heterocycles. The van der Waals surface area contributed by atoms with E-state index in [-0.39, 0.29) is 30.7 Å². The fourth-order valence-electron chi connectivity index (χ4n) is 2.01. The maximum Gasteiger partial charge on any atom is 0.417 e. The molecule has 0 spiro atoms. The summed E-state index contributed by atoms with van der Waals surface area (Å²) in [5.74, 6) is -1.29. The molecule has 0 aliphatic carbocycles. The number of benzene rings is 1. The van der Waals surface area contributed by atoms with Gasteiger partial charge >= 0.3 is 12.1 Å². The normalized spacial score (nSPS) is 11.6. The van der Waals surface area contributed by atoms with Gasteiger partial charge in [0.1, 0.15) is 0 Å². The van der Waals surface area contributed by atoms with E-state index in [1.165, 1.54) is 0 Å². The molecule has 1 aromatic carbocycles. The maximum absolute atomic E-state index is 13.3. The molecule has 0 bridgehead atoms. The van der Waals surface area contributed by atoms with Gasteiger partial charge in [0.15, 0.2) is 0 Å². The van der Waals surface area contributed by atoms with E-state index in [0.717, 1.165) is 13.3 Å². The average molecular weight is 453 g/mol. The Bertz CT molecular complexity index is 842. The lowest BCUT2D eigenvalue weighted by molar-refractivity contribution is -0.138. The van der Waals surface area contributed by atoms with Crippen LogP contribution in [0, 0.1) is 0 Å². The smallest absolute Gasteiger partial charge is 0.417 e. The Balaban J connectivity index is 2.98. The van der Waals surface area contributed by atoms with E-state index in [1.807, 2.05) is 0 Å². The quantitative estimate of drug-likeness (QED) is 0.285. The first kappa shape index (κ1) is 20.4. The number of hydrogen-bond donors (Lipinski definition) is 0. The Hall–Kier alpha value is -0.920. The van der Waals surface area contributed by atoms with E-state index in [4.69, 9.17) is 58.0 Å². The molecule has 0 N–H and O–H groups in total. The molecule has 0 fully saturated rings. The summed E-state index contributed by atoms with van der Waals surface area (Å²) in [5, 5.41) is -1.30. The van der Waals surface area contributed by atoms with Crippen LogP contribution in [-0.2, 0) is 10.9 Å². The summed E-state index contributed by atoms with van der Waals surface area (Å²) in [5.41, 5.74) is -2.92. The molecule has 3 nitrogen and oxygen atoms in total. The lowest BCUT2D eigenvalue weighted by atomic mass is 10.0. The van der Waals surface area contributed by atoms with Crippen LogP contribution in [-0.4, -0.2) is 18.1 Å². The van der Waals surface area contributed by atoms with E-state index in [0.29, 0.717) is 6.07 Å². The summed E-state index contributed by atoms with van der Waals surface area (Å²) in [4.78, 5) is 15.8. The zero-order valence-electron chi connectivity index (χ0n) is 11.9. The van der Waals surface area contributed by atoms with Crippen LogP contribution in [0.1, 0.15) is 15.9 Å². The van der Waals surface area contributed by atoms with Crippen molar-refractivity contribution in [3.63, 3.8) is 0 Å². The SMILES string of the molecule is COC(=O)c1c(C(F)(F)F)ccnc1-c1c(Cl)c(Cl)c(Cl)c(Cl)c1Cl. The summed E-state index contributed by atoms with van der Waals surface area (Å²) in [6.45, 7) is 0. The Morgan fingerprint density at radius 2 is 1.48 bits per heavy atom. The molecular weight excluding hydrogens is 448 g/mol. The monoisotopic (exact) mass is 451 g/mol. The van der Waals surface area contributed by atoms with Crippen LogP contribution >= 0.6 is 58.0 Å². The third-order valence-corrected chi connectivity index (χ3v) is 5.37. The zero-order chi connectivity index (χ0) is 19.1. The molecule has 0 radical (unpaired) electrons. The fourth-order valence-corrected chi connectivity index (χ4v) is 3.33. The van der Waals surface area contributed by atoms with Crippen LogP contribution in [0.3, 0.4) is 0 Å². The Kier molecular flexibility index (Phi) is 6.01. The van der Waals surface area contributed by atoms with E-state index < -0.39 is 29.0 Å². The minimum Gasteiger partial charge on any atom is -0.465 e. The van der Waals surface area contributed by atoms with Gasteiger partial charge in [0.2, 0.25) is 0 Å². The Morgan fingerprint density at radius 1 is 1.00 bits per heavy atom. The second-order valence-corrected chi connectivity index (χ2v) is 6.41. The van der Waals surface area contributed by atoms with Gasteiger partial charge in [-0.05, 0) is 6.07 Å². The van der Waals surface area contributed by atoms with Gasteiger partial charge in [0.05, 0.1) is 49.0 Å². The summed E-state index contributed by atoms with van der Waals surface area (Å²) in [6, 6.07) is 0.622. The van der Waals surface area contributed by atoms with Crippen molar-refractivity contribution in [1.29, 1.82) is 0 Å². The molecule has 1 aromatic heterocycles. The number of carbonyl (C=O) groups is 1. The predicted molar refractivity (Wildman–Crippen MR) is 91.1 cm³/mol. The topological polar surface area (TPSA) is 39.2 Å². The van der Waals surface area contributed by atoms with Gasteiger partial charge in [0.25, 0.3) is 0 Å². The molecule has 0 aliphatic heterocycles. The second kappa shape index (κ2) is 7.37. The van der Waals surface area contributed by atoms with Gasteiger partial charge in [-0.15, -0.1) is 0 Å². The molecule has 0 unspecified atom stereocenters. The second-order valence-electron chi connectivity index (χ2n) is 4.52. The minimum atomic E-state index is -4.86. The van der Waals surface area contributed by atoms with Crippen molar-refractivity contribution in [2.24, 2.45) is 0 Å². The van der Waals surface area contributed by atoms with Crippen molar-refractivity contribution in [3.8, 4) is 11.3 Å². The number of rotatable bonds is 2. The number of hydrogen-bond acceptors (Lipinski definition) is 3. The van der Waals surface area contributed by atoms with Gasteiger partial charge < -0.3 is 4.74 Å². The maximum atomic E-state index is 13.3. The Labute approximate surface area is 164 Å². The third-order valence-electron chi connectivity index (χ3n) is 3.09. The lowest BCUT2D eigenvalue weighted by Crippen LogP contribution is -2.16. The van der Waals surface area contributed by atoms with Gasteiger partial charge in [-0.2, -0.15) is 13.2 Å². The highest BCUT2D eigenvalue weighted by molar-refractivity contribution is 6.56. The van der Waals surface area contributed by atoms with Crippen LogP contribution in [0.15, 0.2) is 12.3 Å². The van der Waals surface area contributed by atoms with Crippen molar-refractivity contribution in [1.82, 2.24) is 4.98 Å². The standard InChI is InChI=1S/C14H5Cl5F3NO2/c1-25-13(24)5-4(14(20,21)22)2-3-23-12(5)6-7(15)9(17)11(19)10(18)8(6)16/h2-3H,1H3. The molecule has 2 rings (SSSR count). The number of halogens is 8. The highest BCUT2D eigenvalue weighted by Gasteiger charge is 2.38. The number of methoxy groups -OCH3 is 1. The Morgan fingerprint density at radius 3 is 1.92 bits per heavy atom. The summed E-state index contributed by atoms with van der Waals surface area (Å²) in [7, 11) is 0.921. The van der Waals surface area contributed by atoms with Crippen LogP contribution in [0.5, 0.6) is 0 Å². The van der Waals surface area contributed by atoms with E-state index >= 15 is 0 Å². The predicted octanol–water partition coefficient (Wildman–Crippen LogP) is 6.82. The van der Waals surface area contributed by atoms with Crippen molar-refractivity contribution >= 4 is 64.0 Å². The number of esters is 1. The largest absolute Gasteiger partial charge is 0.465 e. The molecule has 134 valence electrons. The molecule has 0 aliphatic rings. The number of ether oxygens (including phenoxy) is 1. The zero-order valence-corrected chi connectivity index (χ0v) is 15.7. The molecule has 0 atom stereocenters. The number of aromatic nitrogens is 1. The molecule has 25 heavy (non-hydrogen) atoms. The molecule has 0 amide bonds. The van der Waals surface area contributed by atoms with Gasteiger partial charge in [-0.25, -0.2) is 4.79 Å². The lowest BCUT2D eigenvalue weighted by Gasteiger charge is -2.17. The molecule has 2 aromatic rings. The fraction of sp³-hybridized carbons (Fsp3) is 0.143. The van der Waals surface area contributed by atoms with Crippen molar-refractivity contribution in [3.05, 3.63) is 48.5 Å². The first-order valence-corrected chi connectivity index (χ1v) is 8.07. The summed E-state index contributed by atoms with van der Waals surface area (Å²) >= 11 is 29.8. The summed E-state index contributed by atoms with van der Waals surface area (Å²) in [6.07, 6.45) is -4.02. The molecular formula is C14H5Cl5F3NO2. The van der Waals surface area contributed by atoms with Gasteiger partial charge in [-0.3, -0.25) is 4.98 Å². The molecule has 0 saturated carbocycles. The van der Waals surface area contributed by atoms with Crippen LogP contribution in [0.4, 0.5) is 13.2 Å².